The van der Waals surface area contributed by atoms with E-state index in [1.807, 2.05) is 0 Å². The van der Waals surface area contributed by atoms with E-state index >= 15 is 0 Å². The van der Waals surface area contributed by atoms with Crippen LogP contribution in [0.15, 0.2) is 18.3 Å². The van der Waals surface area contributed by atoms with Gasteiger partial charge >= 0.3 is 0 Å². The Labute approximate surface area is 115 Å². The van der Waals surface area contributed by atoms with E-state index < -0.39 is 0 Å². The third kappa shape index (κ3) is 3.74. The van der Waals surface area contributed by atoms with E-state index in [0.717, 1.165) is 12.2 Å². The first-order valence-electron chi connectivity index (χ1n) is 7.15. The van der Waals surface area contributed by atoms with Crippen molar-refractivity contribution >= 4 is 0 Å². The minimum atomic E-state index is -0.313. The number of halogens is 1. The highest BCUT2D eigenvalue weighted by atomic mass is 19.1. The van der Waals surface area contributed by atoms with Crippen molar-refractivity contribution in [2.45, 2.75) is 44.7 Å². The second-order valence-electron chi connectivity index (χ2n) is 5.78. The van der Waals surface area contributed by atoms with Gasteiger partial charge in [0.25, 0.3) is 0 Å². The third-order valence-corrected chi connectivity index (χ3v) is 4.23. The summed E-state index contributed by atoms with van der Waals surface area (Å²) in [6, 6.07) is 3.68. The maximum Gasteiger partial charge on any atom is 0.141 e. The van der Waals surface area contributed by atoms with Crippen LogP contribution < -0.4 is 5.73 Å². The van der Waals surface area contributed by atoms with Crippen molar-refractivity contribution < 1.29 is 4.39 Å². The molecule has 0 aliphatic heterocycles. The number of hydrogen-bond donors (Lipinski definition) is 1. The van der Waals surface area contributed by atoms with E-state index in [1.54, 1.807) is 6.07 Å². The molecule has 4 heteroatoms. The van der Waals surface area contributed by atoms with E-state index in [2.05, 4.69) is 23.9 Å². The summed E-state index contributed by atoms with van der Waals surface area (Å²) in [5.41, 5.74) is 7.00. The van der Waals surface area contributed by atoms with Crippen molar-refractivity contribution in [1.29, 1.82) is 0 Å². The molecule has 1 saturated carbocycles. The fraction of sp³-hybridized carbons (Fsp3) is 0.667. The van der Waals surface area contributed by atoms with E-state index in [0.29, 0.717) is 12.0 Å². The highest BCUT2D eigenvalue weighted by Crippen LogP contribution is 2.25. The topological polar surface area (TPSA) is 42.1 Å². The smallest absolute Gasteiger partial charge is 0.141 e. The van der Waals surface area contributed by atoms with Gasteiger partial charge in [0.1, 0.15) is 5.82 Å². The molecule has 0 bridgehead atoms. The van der Waals surface area contributed by atoms with Crippen LogP contribution in [0.2, 0.25) is 0 Å². The molecule has 0 radical (unpaired) electrons. The number of pyridine rings is 1. The predicted molar refractivity (Wildman–Crippen MR) is 75.2 cm³/mol. The fourth-order valence-corrected chi connectivity index (χ4v) is 2.94. The first-order valence-corrected chi connectivity index (χ1v) is 7.15. The van der Waals surface area contributed by atoms with Crippen molar-refractivity contribution in [3.05, 3.63) is 29.8 Å². The van der Waals surface area contributed by atoms with Crippen molar-refractivity contribution in [2.75, 3.05) is 13.6 Å². The van der Waals surface area contributed by atoms with Crippen LogP contribution in [-0.4, -0.2) is 29.5 Å². The molecule has 2 atom stereocenters. The average molecular weight is 265 g/mol. The first-order chi connectivity index (χ1) is 9.08. The van der Waals surface area contributed by atoms with Crippen LogP contribution in [0.3, 0.4) is 0 Å². The molecule has 3 nitrogen and oxygen atoms in total. The third-order valence-electron chi connectivity index (χ3n) is 4.23. The zero-order chi connectivity index (χ0) is 13.8. The number of nitrogens with zero attached hydrogens (tertiary/aromatic N) is 2. The summed E-state index contributed by atoms with van der Waals surface area (Å²) in [5, 5.41) is 0. The molecule has 0 amide bonds. The van der Waals surface area contributed by atoms with Gasteiger partial charge in [-0.25, -0.2) is 4.39 Å². The summed E-state index contributed by atoms with van der Waals surface area (Å²) >= 11 is 0. The number of nitrogens with two attached hydrogens (primary N) is 1. The number of hydrogen-bond acceptors (Lipinski definition) is 3. The van der Waals surface area contributed by atoms with Crippen LogP contribution in [0.1, 0.15) is 44.3 Å². The van der Waals surface area contributed by atoms with E-state index in [1.165, 1.54) is 37.9 Å². The summed E-state index contributed by atoms with van der Waals surface area (Å²) in [6.45, 7) is 3.10. The lowest BCUT2D eigenvalue weighted by Crippen LogP contribution is -2.36. The van der Waals surface area contributed by atoms with Crippen LogP contribution in [0.25, 0.3) is 0 Å². The molecule has 0 saturated heterocycles. The van der Waals surface area contributed by atoms with Crippen molar-refractivity contribution in [1.82, 2.24) is 9.88 Å². The normalized spacial score (nSPS) is 19.8. The van der Waals surface area contributed by atoms with Crippen LogP contribution in [-0.2, 0) is 0 Å². The molecule has 106 valence electrons. The Morgan fingerprint density at radius 2 is 2.11 bits per heavy atom. The van der Waals surface area contributed by atoms with Gasteiger partial charge in [-0.2, -0.15) is 0 Å². The quantitative estimate of drug-likeness (QED) is 0.890. The molecule has 1 aliphatic rings. The molecule has 0 aromatic carbocycles. The Balaban J connectivity index is 1.91. The Hall–Kier alpha value is -1.00. The van der Waals surface area contributed by atoms with Gasteiger partial charge in [-0.1, -0.05) is 19.8 Å². The summed E-state index contributed by atoms with van der Waals surface area (Å²) in [7, 11) is 2.18. The number of aromatic nitrogens is 1. The van der Waals surface area contributed by atoms with Gasteiger partial charge in [-0.15, -0.1) is 0 Å². The fourth-order valence-electron chi connectivity index (χ4n) is 2.94. The van der Waals surface area contributed by atoms with Crippen molar-refractivity contribution in [3.8, 4) is 0 Å². The molecule has 1 aliphatic carbocycles. The van der Waals surface area contributed by atoms with Gasteiger partial charge in [-0.3, -0.25) is 4.98 Å². The molecule has 1 fully saturated rings. The summed E-state index contributed by atoms with van der Waals surface area (Å²) < 4.78 is 12.9. The molecule has 2 rings (SSSR count). The lowest BCUT2D eigenvalue weighted by Gasteiger charge is -2.29. The highest BCUT2D eigenvalue weighted by molar-refractivity contribution is 5.10. The van der Waals surface area contributed by atoms with Crippen molar-refractivity contribution in [3.63, 3.8) is 0 Å². The molecule has 2 unspecified atom stereocenters. The van der Waals surface area contributed by atoms with Gasteiger partial charge in [-0.05, 0) is 37.9 Å². The minimum absolute atomic E-state index is 0.135. The maximum absolute atomic E-state index is 12.9. The maximum atomic E-state index is 12.9. The molecule has 19 heavy (non-hydrogen) atoms. The summed E-state index contributed by atoms with van der Waals surface area (Å²) in [4.78, 5) is 6.50. The van der Waals surface area contributed by atoms with Gasteiger partial charge in [0.2, 0.25) is 0 Å². The van der Waals surface area contributed by atoms with E-state index in [9.17, 15) is 4.39 Å². The lowest BCUT2D eigenvalue weighted by atomic mass is 9.98. The zero-order valence-electron chi connectivity index (χ0n) is 11.8. The van der Waals surface area contributed by atoms with Gasteiger partial charge in [0, 0.05) is 12.6 Å². The van der Waals surface area contributed by atoms with Gasteiger partial charge in [0.15, 0.2) is 0 Å². The average Bonchev–Trinajstić information content (AvgIpc) is 2.92. The second kappa shape index (κ2) is 6.44. The Morgan fingerprint density at radius 1 is 1.42 bits per heavy atom. The molecular weight excluding hydrogens is 241 g/mol. The SMILES string of the molecule is CC(CN(C)C1CCCC1)C(N)c1ccc(F)cn1. The number of rotatable bonds is 5. The van der Waals surface area contributed by atoms with Crippen LogP contribution in [0, 0.1) is 11.7 Å². The Bertz CT molecular complexity index is 387. The molecule has 1 aromatic rings. The minimum Gasteiger partial charge on any atom is -0.322 e. The monoisotopic (exact) mass is 265 g/mol. The molecule has 0 spiro atoms. The van der Waals surface area contributed by atoms with Crippen molar-refractivity contribution in [2.24, 2.45) is 11.7 Å². The largest absolute Gasteiger partial charge is 0.322 e. The van der Waals surface area contributed by atoms with Crippen LogP contribution >= 0.6 is 0 Å². The predicted octanol–water partition coefficient (Wildman–Crippen LogP) is 2.73. The van der Waals surface area contributed by atoms with Gasteiger partial charge < -0.3 is 10.6 Å². The highest BCUT2D eigenvalue weighted by Gasteiger charge is 2.23. The standard InChI is InChI=1S/C15H24FN3/c1-11(10-19(2)13-5-3-4-6-13)15(17)14-8-7-12(16)9-18-14/h7-9,11,13,15H,3-6,10,17H2,1-2H3. The molecule has 1 aromatic heterocycles. The Kier molecular flexibility index (Phi) is 4.88. The Morgan fingerprint density at radius 3 is 2.68 bits per heavy atom. The zero-order valence-corrected chi connectivity index (χ0v) is 11.8. The molecule has 1 heterocycles. The van der Waals surface area contributed by atoms with Gasteiger partial charge in [0.05, 0.1) is 17.9 Å². The second-order valence-corrected chi connectivity index (χ2v) is 5.78. The molecule has 2 N–H and O–H groups in total. The lowest BCUT2D eigenvalue weighted by molar-refractivity contribution is 0.201. The van der Waals surface area contributed by atoms with Crippen LogP contribution in [0.4, 0.5) is 4.39 Å². The van der Waals surface area contributed by atoms with Crippen LogP contribution in [0.5, 0.6) is 0 Å². The molecular formula is C15H24FN3. The summed E-state index contributed by atoms with van der Waals surface area (Å²) in [5.74, 6) is -0.00441. The summed E-state index contributed by atoms with van der Waals surface area (Å²) in [6.07, 6.45) is 6.52. The van der Waals surface area contributed by atoms with E-state index in [-0.39, 0.29) is 11.9 Å². The first kappa shape index (κ1) is 14.4. The van der Waals surface area contributed by atoms with E-state index in [4.69, 9.17) is 5.73 Å².